The van der Waals surface area contributed by atoms with Crippen LogP contribution in [0.15, 0.2) is 42.5 Å². The number of carbonyl (C=O) groups is 2. The molecule has 0 radical (unpaired) electrons. The van der Waals surface area contributed by atoms with Gasteiger partial charge < -0.3 is 19.5 Å². The molecule has 2 aromatic carbocycles. The third kappa shape index (κ3) is 5.33. The Morgan fingerprint density at radius 2 is 1.82 bits per heavy atom. The first-order valence-electron chi connectivity index (χ1n) is 9.40. The molecule has 0 spiro atoms. The molecule has 0 unspecified atom stereocenters. The Morgan fingerprint density at radius 3 is 2.46 bits per heavy atom. The van der Waals surface area contributed by atoms with Crippen LogP contribution in [0.2, 0.25) is 0 Å². The molecule has 0 aliphatic carbocycles. The molecule has 1 N–H and O–H groups in total. The van der Waals surface area contributed by atoms with Crippen LogP contribution in [-0.4, -0.2) is 37.8 Å². The largest absolute Gasteiger partial charge is 0.491 e. The van der Waals surface area contributed by atoms with Gasteiger partial charge in [0.25, 0.3) is 5.91 Å². The average molecular weight is 383 g/mol. The maximum absolute atomic E-state index is 12.2. The number of hydrogen-bond donors (Lipinski definition) is 1. The first-order valence-corrected chi connectivity index (χ1v) is 9.40. The molecule has 1 saturated heterocycles. The number of carbonyl (C=O) groups excluding carboxylic acids is 2. The Bertz CT molecular complexity index is 805. The fourth-order valence-electron chi connectivity index (χ4n) is 3.05. The molecular weight excluding hydrogens is 358 g/mol. The number of benzene rings is 2. The van der Waals surface area contributed by atoms with Crippen molar-refractivity contribution in [2.24, 2.45) is 0 Å². The molecule has 6 heteroatoms. The zero-order chi connectivity index (χ0) is 19.9. The SMILES string of the molecule is Cc1cccc(C)c1NC(=O)COC(=O)c1ccc(OC[C@@H]2CCCO2)cc1. The fourth-order valence-corrected chi connectivity index (χ4v) is 3.05. The van der Waals surface area contributed by atoms with Crippen LogP contribution in [0, 0.1) is 13.8 Å². The normalized spacial score (nSPS) is 15.9. The number of nitrogens with one attached hydrogen (secondary N) is 1. The molecular formula is C22H25NO5. The van der Waals surface area contributed by atoms with Crippen molar-refractivity contribution in [2.75, 3.05) is 25.1 Å². The van der Waals surface area contributed by atoms with E-state index in [0.29, 0.717) is 17.9 Å². The number of anilines is 1. The predicted octanol–water partition coefficient (Wildman–Crippen LogP) is 3.66. The van der Waals surface area contributed by atoms with Gasteiger partial charge in [-0.15, -0.1) is 0 Å². The van der Waals surface area contributed by atoms with Gasteiger partial charge in [-0.1, -0.05) is 18.2 Å². The van der Waals surface area contributed by atoms with Crippen molar-refractivity contribution < 1.29 is 23.8 Å². The molecule has 6 nitrogen and oxygen atoms in total. The second kappa shape index (κ2) is 9.37. The summed E-state index contributed by atoms with van der Waals surface area (Å²) in [5.41, 5.74) is 3.03. The van der Waals surface area contributed by atoms with E-state index in [1.54, 1.807) is 24.3 Å². The Kier molecular flexibility index (Phi) is 6.66. The quantitative estimate of drug-likeness (QED) is 0.739. The highest BCUT2D eigenvalue weighted by atomic mass is 16.5. The Morgan fingerprint density at radius 1 is 1.11 bits per heavy atom. The lowest BCUT2D eigenvalue weighted by Gasteiger charge is -2.12. The topological polar surface area (TPSA) is 73.9 Å². The van der Waals surface area contributed by atoms with Gasteiger partial charge in [-0.2, -0.15) is 0 Å². The van der Waals surface area contributed by atoms with Crippen molar-refractivity contribution in [3.63, 3.8) is 0 Å². The summed E-state index contributed by atoms with van der Waals surface area (Å²) in [4.78, 5) is 24.2. The molecule has 0 aromatic heterocycles. The third-order valence-electron chi connectivity index (χ3n) is 4.63. The van der Waals surface area contributed by atoms with Gasteiger partial charge in [-0.25, -0.2) is 4.79 Å². The highest BCUT2D eigenvalue weighted by Crippen LogP contribution is 2.19. The molecule has 1 aliphatic heterocycles. The van der Waals surface area contributed by atoms with Gasteiger partial charge in [0, 0.05) is 12.3 Å². The van der Waals surface area contributed by atoms with E-state index < -0.39 is 5.97 Å². The van der Waals surface area contributed by atoms with Crippen LogP contribution in [-0.2, 0) is 14.3 Å². The summed E-state index contributed by atoms with van der Waals surface area (Å²) in [6, 6.07) is 12.4. The minimum absolute atomic E-state index is 0.139. The number of rotatable bonds is 7. The Hall–Kier alpha value is -2.86. The summed E-state index contributed by atoms with van der Waals surface area (Å²) in [6.45, 7) is 4.77. The second-order valence-electron chi connectivity index (χ2n) is 6.86. The molecule has 1 aliphatic rings. The minimum Gasteiger partial charge on any atom is -0.491 e. The molecule has 3 rings (SSSR count). The van der Waals surface area contributed by atoms with Gasteiger partial charge in [0.2, 0.25) is 0 Å². The molecule has 1 fully saturated rings. The number of hydrogen-bond acceptors (Lipinski definition) is 5. The van der Waals surface area contributed by atoms with Crippen LogP contribution in [0.4, 0.5) is 5.69 Å². The molecule has 2 aromatic rings. The first kappa shape index (κ1) is 19.9. The van der Waals surface area contributed by atoms with E-state index in [1.165, 1.54) is 0 Å². The zero-order valence-electron chi connectivity index (χ0n) is 16.2. The van der Waals surface area contributed by atoms with E-state index in [2.05, 4.69) is 5.32 Å². The maximum atomic E-state index is 12.2. The van der Waals surface area contributed by atoms with Gasteiger partial charge in [-0.05, 0) is 62.1 Å². The monoisotopic (exact) mass is 383 g/mol. The van der Waals surface area contributed by atoms with Gasteiger partial charge in [0.15, 0.2) is 6.61 Å². The summed E-state index contributed by atoms with van der Waals surface area (Å²) in [5.74, 6) is -0.260. The van der Waals surface area contributed by atoms with Crippen LogP contribution in [0.3, 0.4) is 0 Å². The molecule has 0 bridgehead atoms. The van der Waals surface area contributed by atoms with E-state index >= 15 is 0 Å². The van der Waals surface area contributed by atoms with E-state index in [-0.39, 0.29) is 18.6 Å². The summed E-state index contributed by atoms with van der Waals surface area (Å²) in [7, 11) is 0. The van der Waals surface area contributed by atoms with Crippen molar-refractivity contribution in [3.05, 3.63) is 59.2 Å². The fraction of sp³-hybridized carbons (Fsp3) is 0.364. The van der Waals surface area contributed by atoms with E-state index in [9.17, 15) is 9.59 Å². The van der Waals surface area contributed by atoms with Gasteiger partial charge in [-0.3, -0.25) is 4.79 Å². The van der Waals surface area contributed by atoms with E-state index in [1.807, 2.05) is 32.0 Å². The Labute approximate surface area is 164 Å². The highest BCUT2D eigenvalue weighted by molar-refractivity contribution is 5.96. The van der Waals surface area contributed by atoms with E-state index in [0.717, 1.165) is 36.3 Å². The molecule has 0 saturated carbocycles. The maximum Gasteiger partial charge on any atom is 0.338 e. The lowest BCUT2D eigenvalue weighted by Crippen LogP contribution is -2.21. The third-order valence-corrected chi connectivity index (χ3v) is 4.63. The Balaban J connectivity index is 1.47. The lowest BCUT2D eigenvalue weighted by molar-refractivity contribution is -0.119. The smallest absolute Gasteiger partial charge is 0.338 e. The minimum atomic E-state index is -0.553. The van der Waals surface area contributed by atoms with Crippen LogP contribution in [0.5, 0.6) is 5.75 Å². The van der Waals surface area contributed by atoms with Gasteiger partial charge >= 0.3 is 5.97 Å². The predicted molar refractivity (Wildman–Crippen MR) is 106 cm³/mol. The lowest BCUT2D eigenvalue weighted by atomic mass is 10.1. The summed E-state index contributed by atoms with van der Waals surface area (Å²) >= 11 is 0. The van der Waals surface area contributed by atoms with Crippen molar-refractivity contribution >= 4 is 17.6 Å². The van der Waals surface area contributed by atoms with Crippen LogP contribution in [0.25, 0.3) is 0 Å². The average Bonchev–Trinajstić information content (AvgIpc) is 3.21. The highest BCUT2D eigenvalue weighted by Gasteiger charge is 2.16. The summed E-state index contributed by atoms with van der Waals surface area (Å²) in [5, 5.41) is 2.79. The molecule has 1 amide bonds. The van der Waals surface area contributed by atoms with Crippen LogP contribution in [0.1, 0.15) is 34.3 Å². The standard InChI is InChI=1S/C22H25NO5/c1-15-5-3-6-16(2)21(15)23-20(24)14-28-22(25)17-8-10-18(11-9-17)27-13-19-7-4-12-26-19/h3,5-6,8-11,19H,4,7,12-14H2,1-2H3,(H,23,24)/t19-/m0/s1. The van der Waals surface area contributed by atoms with Crippen molar-refractivity contribution in [2.45, 2.75) is 32.8 Å². The van der Waals surface area contributed by atoms with E-state index in [4.69, 9.17) is 14.2 Å². The zero-order valence-corrected chi connectivity index (χ0v) is 16.2. The molecule has 1 atom stereocenters. The second-order valence-corrected chi connectivity index (χ2v) is 6.86. The van der Waals surface area contributed by atoms with Gasteiger partial charge in [0.1, 0.15) is 12.4 Å². The first-order chi connectivity index (χ1) is 13.5. The number of aryl methyl sites for hydroxylation is 2. The number of ether oxygens (including phenoxy) is 3. The molecule has 28 heavy (non-hydrogen) atoms. The summed E-state index contributed by atoms with van der Waals surface area (Å²) in [6.07, 6.45) is 2.21. The van der Waals surface area contributed by atoms with Gasteiger partial charge in [0.05, 0.1) is 11.7 Å². The van der Waals surface area contributed by atoms with Crippen molar-refractivity contribution in [1.82, 2.24) is 0 Å². The summed E-state index contributed by atoms with van der Waals surface area (Å²) < 4.78 is 16.3. The van der Waals surface area contributed by atoms with Crippen LogP contribution >= 0.6 is 0 Å². The number of amides is 1. The van der Waals surface area contributed by atoms with Crippen LogP contribution < -0.4 is 10.1 Å². The number of para-hydroxylation sites is 1. The van der Waals surface area contributed by atoms with Crippen molar-refractivity contribution in [3.8, 4) is 5.75 Å². The van der Waals surface area contributed by atoms with Crippen molar-refractivity contribution in [1.29, 1.82) is 0 Å². The number of esters is 1. The molecule has 1 heterocycles. The molecule has 148 valence electrons.